The normalized spacial score (nSPS) is 13.9. The maximum atomic E-state index is 13.4. The van der Waals surface area contributed by atoms with E-state index in [4.69, 9.17) is 9.84 Å². The average Bonchev–Trinajstić information content (AvgIpc) is 3.65. The van der Waals surface area contributed by atoms with Crippen molar-refractivity contribution in [2.24, 2.45) is 0 Å². The van der Waals surface area contributed by atoms with Gasteiger partial charge < -0.3 is 25.8 Å². The molecule has 2 amide bonds. The lowest BCUT2D eigenvalue weighted by Crippen LogP contribution is -2.39. The molecule has 0 saturated heterocycles. The highest BCUT2D eigenvalue weighted by Gasteiger charge is 2.24. The number of urea groups is 1. The van der Waals surface area contributed by atoms with Crippen LogP contribution in [-0.4, -0.2) is 45.2 Å². The summed E-state index contributed by atoms with van der Waals surface area (Å²) in [5, 5.41) is 29.7. The first kappa shape index (κ1) is 30.9. The summed E-state index contributed by atoms with van der Waals surface area (Å²) in [5.74, 6) is 1.90. The number of carbonyl (C=O) groups is 1. The van der Waals surface area contributed by atoms with E-state index in [1.54, 1.807) is 16.9 Å². The topological polar surface area (TPSA) is 138 Å². The molecule has 1 aliphatic rings. The second-order valence-corrected chi connectivity index (χ2v) is 17.8. The van der Waals surface area contributed by atoms with E-state index in [9.17, 15) is 9.90 Å². The number of benzene rings is 4. The highest BCUT2D eigenvalue weighted by Crippen LogP contribution is 2.35. The number of anilines is 5. The summed E-state index contributed by atoms with van der Waals surface area (Å²) in [6, 6.07) is 28.5. The smallest absolute Gasteiger partial charge is 0.324 e. The number of aliphatic hydroxyl groups excluding tert-OH is 1. The molecule has 6 aromatic rings. The Morgan fingerprint density at radius 3 is 2.54 bits per heavy atom. The van der Waals surface area contributed by atoms with Crippen molar-refractivity contribution in [2.45, 2.75) is 39.2 Å². The quantitative estimate of drug-likeness (QED) is 0.109. The van der Waals surface area contributed by atoms with Gasteiger partial charge in [-0.15, -0.1) is 0 Å². The summed E-state index contributed by atoms with van der Waals surface area (Å²) in [6.07, 6.45) is 1.62. The van der Waals surface area contributed by atoms with Gasteiger partial charge in [0.2, 0.25) is 11.8 Å². The molecule has 1 aliphatic heterocycles. The number of hydrogen-bond acceptors (Lipinski definition) is 8. The van der Waals surface area contributed by atoms with Gasteiger partial charge in [-0.1, -0.05) is 67.7 Å². The molecule has 0 spiro atoms. The molecule has 11 nitrogen and oxygen atoms in total. The molecule has 4 aromatic carbocycles. The maximum Gasteiger partial charge on any atom is 0.324 e. The number of fused-ring (bicyclic) bond motifs is 2. The monoisotopic (exact) mass is 656 g/mol. The van der Waals surface area contributed by atoms with E-state index in [-0.39, 0.29) is 6.03 Å². The fraction of sp³-hybridized carbons (Fsp3) is 0.167. The van der Waals surface area contributed by atoms with E-state index in [1.807, 2.05) is 91.9 Å². The summed E-state index contributed by atoms with van der Waals surface area (Å²) >= 11 is 0. The third-order valence-electron chi connectivity index (χ3n) is 8.08. The minimum absolute atomic E-state index is 0.355. The summed E-state index contributed by atoms with van der Waals surface area (Å²) in [5.41, 5.74) is 5.36. The van der Waals surface area contributed by atoms with Crippen molar-refractivity contribution in [3.8, 4) is 17.3 Å². The minimum Gasteiger partial charge on any atom is -0.438 e. The van der Waals surface area contributed by atoms with Gasteiger partial charge in [-0.25, -0.2) is 14.5 Å². The van der Waals surface area contributed by atoms with Crippen LogP contribution in [0.1, 0.15) is 11.1 Å². The number of amides is 2. The number of aryl methyl sites for hydroxylation is 1. The third-order valence-corrected chi connectivity index (χ3v) is 9.86. The summed E-state index contributed by atoms with van der Waals surface area (Å²) in [4.78, 5) is 22.3. The van der Waals surface area contributed by atoms with E-state index in [0.717, 1.165) is 44.3 Å². The third kappa shape index (κ3) is 6.57. The molecule has 12 heteroatoms. The highest BCUT2D eigenvalue weighted by atomic mass is 28.3. The van der Waals surface area contributed by atoms with Crippen LogP contribution >= 0.6 is 0 Å². The van der Waals surface area contributed by atoms with Crippen molar-refractivity contribution in [2.75, 3.05) is 21.3 Å². The molecular weight excluding hydrogens is 621 g/mol. The van der Waals surface area contributed by atoms with E-state index >= 15 is 0 Å². The first-order valence-electron chi connectivity index (χ1n) is 15.7. The van der Waals surface area contributed by atoms with Gasteiger partial charge >= 0.3 is 6.03 Å². The zero-order valence-electron chi connectivity index (χ0n) is 27.1. The maximum absolute atomic E-state index is 13.4. The first-order valence-corrected chi connectivity index (χ1v) is 19.2. The summed E-state index contributed by atoms with van der Waals surface area (Å²) in [6.45, 7) is 8.72. The molecule has 0 saturated carbocycles. The van der Waals surface area contributed by atoms with Crippen LogP contribution in [0, 0.1) is 6.92 Å². The Balaban J connectivity index is 1.10. The summed E-state index contributed by atoms with van der Waals surface area (Å²) < 4.78 is 8.04. The molecule has 48 heavy (non-hydrogen) atoms. The molecule has 0 bridgehead atoms. The summed E-state index contributed by atoms with van der Waals surface area (Å²) in [7, 11) is -1.76. The fourth-order valence-corrected chi connectivity index (χ4v) is 6.53. The van der Waals surface area contributed by atoms with Crippen LogP contribution < -0.4 is 31.3 Å². The van der Waals surface area contributed by atoms with Crippen molar-refractivity contribution >= 4 is 59.0 Å². The predicted octanol–water partition coefficient (Wildman–Crippen LogP) is 7.14. The molecule has 0 radical (unpaired) electrons. The Labute approximate surface area is 279 Å². The van der Waals surface area contributed by atoms with Gasteiger partial charge in [0, 0.05) is 46.1 Å². The van der Waals surface area contributed by atoms with Crippen molar-refractivity contribution in [1.82, 2.24) is 19.7 Å². The molecule has 1 atom stereocenters. The van der Waals surface area contributed by atoms with Crippen molar-refractivity contribution in [3.63, 3.8) is 0 Å². The van der Waals surface area contributed by atoms with Crippen LogP contribution in [0.15, 0.2) is 97.2 Å². The van der Waals surface area contributed by atoms with Crippen molar-refractivity contribution in [1.29, 1.82) is 0 Å². The van der Waals surface area contributed by atoms with Crippen LogP contribution in [0.4, 0.5) is 33.6 Å². The number of nitrogens with zero attached hydrogens (tertiary/aromatic N) is 4. The van der Waals surface area contributed by atoms with E-state index < -0.39 is 14.3 Å². The van der Waals surface area contributed by atoms with E-state index in [0.29, 0.717) is 35.5 Å². The molecule has 3 heterocycles. The van der Waals surface area contributed by atoms with Gasteiger partial charge in [0.1, 0.15) is 25.9 Å². The standard InChI is InChI=1S/C36H36N8O3Si/c1-22-9-13-25(14-10-22)44-31(21-34(43-44)48(2,3)4)41-36(46)40-28-15-16-30(27-8-6-5-7-26(27)28)47-33-17-18-37-35(42-33)38-24-12-11-23-19-32(45)39-29(23)20-24/h5-18,20-21,32,39,45H,19H2,1-4H3,(H,37,38,42)(H2,40,41,46). The number of aliphatic hydroxyl groups is 1. The largest absolute Gasteiger partial charge is 0.438 e. The fourth-order valence-electron chi connectivity index (χ4n) is 5.57. The van der Waals surface area contributed by atoms with Gasteiger partial charge in [-0.05, 0) is 55.0 Å². The molecule has 5 N–H and O–H groups in total. The lowest BCUT2D eigenvalue weighted by Gasteiger charge is -2.14. The van der Waals surface area contributed by atoms with Crippen LogP contribution in [0.5, 0.6) is 11.6 Å². The van der Waals surface area contributed by atoms with Crippen LogP contribution in [0.2, 0.25) is 19.6 Å². The average molecular weight is 657 g/mol. The zero-order chi connectivity index (χ0) is 33.4. The zero-order valence-corrected chi connectivity index (χ0v) is 28.1. The lowest BCUT2D eigenvalue weighted by molar-refractivity contribution is 0.212. The Morgan fingerprint density at radius 1 is 0.958 bits per heavy atom. The SMILES string of the molecule is Cc1ccc(-n2nc([Si](C)(C)C)cc2NC(=O)Nc2ccc(Oc3ccnc(Nc4ccc5c(c4)NC(O)C5)n3)c3ccccc23)cc1. The predicted molar refractivity (Wildman–Crippen MR) is 193 cm³/mol. The first-order chi connectivity index (χ1) is 23.1. The number of aromatic nitrogens is 4. The van der Waals surface area contributed by atoms with Gasteiger partial charge in [-0.3, -0.25) is 5.32 Å². The van der Waals surface area contributed by atoms with E-state index in [1.165, 1.54) is 0 Å². The second-order valence-electron chi connectivity index (χ2n) is 12.8. The second kappa shape index (κ2) is 12.5. The Kier molecular flexibility index (Phi) is 8.03. The molecule has 242 valence electrons. The van der Waals surface area contributed by atoms with E-state index in [2.05, 4.69) is 50.9 Å². The molecule has 1 unspecified atom stereocenters. The molecular formula is C36H36N8O3Si. The van der Waals surface area contributed by atoms with Gasteiger partial charge in [0.15, 0.2) is 0 Å². The number of hydrogen-bond donors (Lipinski definition) is 5. The van der Waals surface area contributed by atoms with Gasteiger partial charge in [0.25, 0.3) is 0 Å². The number of ether oxygens (including phenoxy) is 1. The molecule has 2 aromatic heterocycles. The Bertz CT molecular complexity index is 2140. The lowest BCUT2D eigenvalue weighted by atomic mass is 10.1. The van der Waals surface area contributed by atoms with Crippen molar-refractivity contribution in [3.05, 3.63) is 108 Å². The highest BCUT2D eigenvalue weighted by molar-refractivity contribution is 6.88. The Morgan fingerprint density at radius 2 is 1.75 bits per heavy atom. The van der Waals surface area contributed by atoms with Gasteiger partial charge in [0.05, 0.1) is 11.4 Å². The molecule has 0 aliphatic carbocycles. The number of nitrogens with one attached hydrogen (secondary N) is 4. The van der Waals surface area contributed by atoms with Crippen LogP contribution in [0.3, 0.4) is 0 Å². The number of rotatable bonds is 8. The van der Waals surface area contributed by atoms with Crippen LogP contribution in [0.25, 0.3) is 16.5 Å². The Hall–Kier alpha value is -5.72. The van der Waals surface area contributed by atoms with Crippen molar-refractivity contribution < 1.29 is 14.6 Å². The minimum atomic E-state index is -1.76. The number of carbonyl (C=O) groups excluding carboxylic acids is 1. The molecule has 0 fully saturated rings. The molecule has 7 rings (SSSR count). The van der Waals surface area contributed by atoms with Gasteiger partial charge in [-0.2, -0.15) is 10.1 Å². The van der Waals surface area contributed by atoms with Crippen LogP contribution in [-0.2, 0) is 6.42 Å².